The molecule has 1 aromatic carbocycles. The highest BCUT2D eigenvalue weighted by molar-refractivity contribution is 7.93. The van der Waals surface area contributed by atoms with Gasteiger partial charge in [-0.2, -0.15) is 0 Å². The van der Waals surface area contributed by atoms with Crippen LogP contribution in [0.5, 0.6) is 5.75 Å². The normalized spacial score (nSPS) is 11.9. The molecule has 0 amide bonds. The van der Waals surface area contributed by atoms with E-state index < -0.39 is 21.7 Å². The lowest BCUT2D eigenvalue weighted by molar-refractivity contribution is 0.0540. The number of carbonyl (C=O) groups is 1. The smallest absolute Gasteiger partial charge is 0.418 e. The molecule has 0 N–H and O–H groups in total. The van der Waals surface area contributed by atoms with Crippen molar-refractivity contribution in [3.05, 3.63) is 41.5 Å². The number of ether oxygens (including phenoxy) is 2. The predicted molar refractivity (Wildman–Crippen MR) is 118 cm³/mol. The largest absolute Gasteiger partial charge is 0.496 e. The summed E-state index contributed by atoms with van der Waals surface area (Å²) in [6.45, 7) is 7.06. The minimum absolute atomic E-state index is 0.0237. The molecule has 0 unspecified atom stereocenters. The fourth-order valence-corrected chi connectivity index (χ4v) is 4.82. The number of rotatable bonds is 5. The van der Waals surface area contributed by atoms with Crippen LogP contribution in [-0.4, -0.2) is 49.0 Å². The van der Waals surface area contributed by atoms with Crippen LogP contribution in [0.15, 0.2) is 41.4 Å². The summed E-state index contributed by atoms with van der Waals surface area (Å²) in [5, 5.41) is 8.70. The lowest BCUT2D eigenvalue weighted by atomic mass is 10.1. The Morgan fingerprint density at radius 2 is 1.90 bits per heavy atom. The van der Waals surface area contributed by atoms with Crippen LogP contribution in [0.3, 0.4) is 0 Å². The van der Waals surface area contributed by atoms with E-state index in [1.165, 1.54) is 42.2 Å². The molecule has 3 rings (SSSR count). The molecule has 166 valence electrons. The third kappa shape index (κ3) is 4.72. The Bertz CT molecular complexity index is 1210. The Hall–Kier alpha value is -2.92. The Labute approximate surface area is 185 Å². The molecule has 0 fully saturated rings. The van der Waals surface area contributed by atoms with Crippen molar-refractivity contribution in [3.63, 3.8) is 0 Å². The van der Waals surface area contributed by atoms with Crippen molar-refractivity contribution in [3.8, 4) is 17.0 Å². The number of methoxy groups -OCH3 is 1. The first-order valence-corrected chi connectivity index (χ1v) is 11.6. The van der Waals surface area contributed by atoms with Crippen molar-refractivity contribution in [2.24, 2.45) is 0 Å². The van der Waals surface area contributed by atoms with E-state index in [9.17, 15) is 13.2 Å². The zero-order valence-corrected chi connectivity index (χ0v) is 19.7. The van der Waals surface area contributed by atoms with Crippen molar-refractivity contribution in [1.29, 1.82) is 0 Å². The van der Waals surface area contributed by atoms with Gasteiger partial charge in [0.1, 0.15) is 16.4 Å². The minimum Gasteiger partial charge on any atom is -0.496 e. The molecule has 0 radical (unpaired) electrons. The molecule has 0 spiro atoms. The number of hydrogen-bond donors (Lipinski definition) is 0. The van der Waals surface area contributed by atoms with Gasteiger partial charge in [-0.3, -0.25) is 4.57 Å². The zero-order chi connectivity index (χ0) is 23.0. The topological polar surface area (TPSA) is 104 Å². The Morgan fingerprint density at radius 1 is 1.19 bits per heavy atom. The van der Waals surface area contributed by atoms with Gasteiger partial charge >= 0.3 is 6.09 Å². The van der Waals surface area contributed by atoms with Crippen LogP contribution >= 0.6 is 11.3 Å². The van der Waals surface area contributed by atoms with Crippen molar-refractivity contribution >= 4 is 32.6 Å². The monoisotopic (exact) mass is 464 g/mol. The first kappa shape index (κ1) is 22.8. The van der Waals surface area contributed by atoms with Crippen LogP contribution in [-0.2, 0) is 14.8 Å². The molecule has 0 saturated heterocycles. The van der Waals surface area contributed by atoms with Gasteiger partial charge in [-0.25, -0.2) is 17.5 Å². The van der Waals surface area contributed by atoms with E-state index >= 15 is 0 Å². The Balaban J connectivity index is 2.07. The maximum atomic E-state index is 13.2. The summed E-state index contributed by atoms with van der Waals surface area (Å²) in [5.74, 6) is 0.414. The van der Waals surface area contributed by atoms with Crippen LogP contribution < -0.4 is 9.04 Å². The molecule has 9 nitrogen and oxygen atoms in total. The molecule has 2 aromatic heterocycles. The Kier molecular flexibility index (Phi) is 6.10. The van der Waals surface area contributed by atoms with Crippen molar-refractivity contribution in [1.82, 2.24) is 14.8 Å². The van der Waals surface area contributed by atoms with Crippen molar-refractivity contribution in [2.75, 3.05) is 18.5 Å². The highest BCUT2D eigenvalue weighted by atomic mass is 32.2. The van der Waals surface area contributed by atoms with Gasteiger partial charge < -0.3 is 9.47 Å². The van der Waals surface area contributed by atoms with E-state index in [2.05, 4.69) is 10.2 Å². The summed E-state index contributed by atoms with van der Waals surface area (Å²) in [5.41, 5.74) is 0.190. The van der Waals surface area contributed by atoms with Gasteiger partial charge in [-0.15, -0.1) is 10.2 Å². The molecule has 2 heterocycles. The maximum Gasteiger partial charge on any atom is 0.418 e. The number of benzene rings is 1. The summed E-state index contributed by atoms with van der Waals surface area (Å²) in [4.78, 5) is 12.7. The Morgan fingerprint density at radius 3 is 2.48 bits per heavy atom. The molecular weight excluding hydrogens is 440 g/mol. The molecule has 0 aliphatic rings. The van der Waals surface area contributed by atoms with Gasteiger partial charge in [0.15, 0.2) is 0 Å². The van der Waals surface area contributed by atoms with Crippen LogP contribution in [0, 0.1) is 6.92 Å². The number of carbonyl (C=O) groups excluding carboxylic acids is 1. The highest BCUT2D eigenvalue weighted by Gasteiger charge is 2.27. The average molecular weight is 465 g/mol. The van der Waals surface area contributed by atoms with Gasteiger partial charge in [0.25, 0.3) is 10.0 Å². The lowest BCUT2D eigenvalue weighted by Gasteiger charge is -2.21. The summed E-state index contributed by atoms with van der Waals surface area (Å²) >= 11 is 1.17. The SMILES string of the molecule is COc1ccc(S(=O)(=O)N(C)c2nnc(C)s2)cc1-c1cccn1C(=O)OC(C)(C)C. The van der Waals surface area contributed by atoms with Crippen LogP contribution in [0.2, 0.25) is 0 Å². The van der Waals surface area contributed by atoms with Crippen molar-refractivity contribution in [2.45, 2.75) is 38.2 Å². The third-order valence-corrected chi connectivity index (χ3v) is 7.00. The molecule has 0 aliphatic heterocycles. The van der Waals surface area contributed by atoms with Crippen LogP contribution in [0.1, 0.15) is 25.8 Å². The van der Waals surface area contributed by atoms with Gasteiger partial charge in [0.2, 0.25) is 5.13 Å². The fourth-order valence-electron chi connectivity index (χ4n) is 2.79. The molecule has 31 heavy (non-hydrogen) atoms. The fraction of sp³-hybridized carbons (Fsp3) is 0.350. The highest BCUT2D eigenvalue weighted by Crippen LogP contribution is 2.34. The molecule has 0 atom stereocenters. The average Bonchev–Trinajstić information content (AvgIpc) is 3.34. The molecule has 3 aromatic rings. The number of aromatic nitrogens is 3. The van der Waals surface area contributed by atoms with E-state index in [4.69, 9.17) is 9.47 Å². The van der Waals surface area contributed by atoms with Crippen LogP contribution in [0.25, 0.3) is 11.3 Å². The van der Waals surface area contributed by atoms with Gasteiger partial charge in [-0.05, 0) is 58.0 Å². The molecule has 0 saturated carbocycles. The first-order chi connectivity index (χ1) is 14.4. The number of sulfonamides is 1. The van der Waals surface area contributed by atoms with Gasteiger partial charge in [0.05, 0.1) is 17.7 Å². The number of anilines is 1. The van der Waals surface area contributed by atoms with Gasteiger partial charge in [0, 0.05) is 18.8 Å². The quantitative estimate of drug-likeness (QED) is 0.563. The van der Waals surface area contributed by atoms with E-state index in [0.717, 1.165) is 4.31 Å². The summed E-state index contributed by atoms with van der Waals surface area (Å²) in [6, 6.07) is 7.83. The minimum atomic E-state index is -3.92. The maximum absolute atomic E-state index is 13.2. The molecular formula is C20H24N4O5S2. The van der Waals surface area contributed by atoms with E-state index in [-0.39, 0.29) is 10.0 Å². The first-order valence-electron chi connectivity index (χ1n) is 9.32. The molecule has 11 heteroatoms. The predicted octanol–water partition coefficient (Wildman–Crippen LogP) is 3.93. The van der Waals surface area contributed by atoms with E-state index in [0.29, 0.717) is 22.0 Å². The second-order valence-corrected chi connectivity index (χ2v) is 10.8. The van der Waals surface area contributed by atoms with Gasteiger partial charge in [-0.1, -0.05) is 11.3 Å². The van der Waals surface area contributed by atoms with E-state index in [1.807, 2.05) is 0 Å². The number of aryl methyl sites for hydroxylation is 1. The van der Waals surface area contributed by atoms with Crippen LogP contribution in [0.4, 0.5) is 9.93 Å². The number of hydrogen-bond acceptors (Lipinski definition) is 8. The summed E-state index contributed by atoms with van der Waals surface area (Å²) in [6.07, 6.45) is 0.976. The summed E-state index contributed by atoms with van der Waals surface area (Å²) < 4.78 is 39.7. The van der Waals surface area contributed by atoms with Crippen molar-refractivity contribution < 1.29 is 22.7 Å². The lowest BCUT2D eigenvalue weighted by Crippen LogP contribution is -2.27. The molecule has 0 aliphatic carbocycles. The van der Waals surface area contributed by atoms with E-state index in [1.54, 1.807) is 52.1 Å². The summed E-state index contributed by atoms with van der Waals surface area (Å²) in [7, 11) is -1.02. The third-order valence-electron chi connectivity index (χ3n) is 4.23. The second-order valence-electron chi connectivity index (χ2n) is 7.68. The zero-order valence-electron chi connectivity index (χ0n) is 18.1. The second kappa shape index (κ2) is 8.31. The molecule has 0 bridgehead atoms. The standard InChI is InChI=1S/C20H24N4O5S2/c1-13-21-22-18(30-13)23(5)31(26,27)14-9-10-17(28-6)15(12-14)16-8-7-11-24(16)19(25)29-20(2,3)4/h7-12H,1-6H3. The number of nitrogens with zero attached hydrogens (tertiary/aromatic N) is 4.